The van der Waals surface area contributed by atoms with Crippen LogP contribution in [0.2, 0.25) is 0 Å². The molecule has 2 aromatic carbocycles. The number of hydrogen-bond acceptors (Lipinski definition) is 2. The molecule has 0 fully saturated rings. The van der Waals surface area contributed by atoms with Gasteiger partial charge in [0.05, 0.1) is 6.04 Å². The zero-order valence-corrected chi connectivity index (χ0v) is 13.3. The van der Waals surface area contributed by atoms with Crippen LogP contribution in [0.5, 0.6) is 0 Å². The second kappa shape index (κ2) is 6.10. The van der Waals surface area contributed by atoms with Crippen molar-refractivity contribution < 1.29 is 4.79 Å². The highest BCUT2D eigenvalue weighted by atomic mass is 16.2. The van der Waals surface area contributed by atoms with E-state index >= 15 is 0 Å². The maximum atomic E-state index is 12.6. The summed E-state index contributed by atoms with van der Waals surface area (Å²) >= 11 is 0. The van der Waals surface area contributed by atoms with Crippen LogP contribution in [-0.4, -0.2) is 17.9 Å². The first-order chi connectivity index (χ1) is 11.1. The van der Waals surface area contributed by atoms with Crippen LogP contribution in [0.25, 0.3) is 5.57 Å². The molecule has 0 saturated heterocycles. The van der Waals surface area contributed by atoms with Gasteiger partial charge in [-0.25, -0.2) is 0 Å². The number of nitrogens with zero attached hydrogens (tertiary/aromatic N) is 2. The van der Waals surface area contributed by atoms with E-state index in [-0.39, 0.29) is 17.5 Å². The molecule has 3 heteroatoms. The van der Waals surface area contributed by atoms with E-state index in [9.17, 15) is 10.1 Å². The van der Waals surface area contributed by atoms with Crippen LogP contribution in [0.1, 0.15) is 29.2 Å². The minimum absolute atomic E-state index is 0.0443. The molecule has 1 aliphatic heterocycles. The van der Waals surface area contributed by atoms with Gasteiger partial charge in [-0.3, -0.25) is 4.79 Å². The van der Waals surface area contributed by atoms with E-state index in [1.807, 2.05) is 61.5 Å². The van der Waals surface area contributed by atoms with E-state index < -0.39 is 0 Å². The number of likely N-dealkylation sites (N-methyl/N-ethyl adjacent to an activating group) is 1. The molecule has 1 aliphatic rings. The van der Waals surface area contributed by atoms with Gasteiger partial charge in [0, 0.05) is 7.05 Å². The second-order valence-electron chi connectivity index (χ2n) is 5.88. The molecule has 0 aromatic heterocycles. The van der Waals surface area contributed by atoms with E-state index in [0.29, 0.717) is 6.42 Å². The average molecular weight is 302 g/mol. The van der Waals surface area contributed by atoms with Crippen molar-refractivity contribution >= 4 is 11.5 Å². The Morgan fingerprint density at radius 2 is 1.74 bits per heavy atom. The summed E-state index contributed by atoms with van der Waals surface area (Å²) in [6.45, 7) is 2.02. The fourth-order valence-corrected chi connectivity index (χ4v) is 3.03. The molecular formula is C20H18N2O. The normalized spacial score (nSPS) is 18.0. The van der Waals surface area contributed by atoms with Gasteiger partial charge in [0.25, 0.3) is 5.91 Å². The van der Waals surface area contributed by atoms with Gasteiger partial charge in [0.2, 0.25) is 0 Å². The molecule has 3 rings (SSSR count). The number of hydrogen-bond donors (Lipinski definition) is 0. The van der Waals surface area contributed by atoms with Gasteiger partial charge in [0.15, 0.2) is 0 Å². The highest BCUT2D eigenvalue weighted by Gasteiger charge is 2.33. The fraction of sp³-hybridized carbons (Fsp3) is 0.200. The van der Waals surface area contributed by atoms with Crippen molar-refractivity contribution in [1.29, 1.82) is 5.26 Å². The monoisotopic (exact) mass is 302 g/mol. The molecular weight excluding hydrogens is 284 g/mol. The molecule has 0 bridgehead atoms. The quantitative estimate of drug-likeness (QED) is 0.845. The van der Waals surface area contributed by atoms with Crippen LogP contribution >= 0.6 is 0 Å². The standard InChI is InChI=1S/C20H18N2O/c1-14-8-10-15(11-9-14)17-12-19(16-6-4-3-5-7-16)22(2)20(23)18(17)13-21/h3-11,19H,12H2,1-2H3. The molecule has 0 aliphatic carbocycles. The molecule has 2 aromatic rings. The molecule has 0 saturated carbocycles. The second-order valence-corrected chi connectivity index (χ2v) is 5.88. The highest BCUT2D eigenvalue weighted by molar-refractivity contribution is 6.06. The summed E-state index contributed by atoms with van der Waals surface area (Å²) in [6.07, 6.45) is 0.651. The minimum Gasteiger partial charge on any atom is -0.334 e. The van der Waals surface area contributed by atoms with Crippen LogP contribution in [0.4, 0.5) is 0 Å². The van der Waals surface area contributed by atoms with E-state index in [4.69, 9.17) is 0 Å². The van der Waals surface area contributed by atoms with Gasteiger partial charge >= 0.3 is 0 Å². The highest BCUT2D eigenvalue weighted by Crippen LogP contribution is 2.38. The summed E-state index contributed by atoms with van der Waals surface area (Å²) in [7, 11) is 1.77. The lowest BCUT2D eigenvalue weighted by atomic mass is 9.86. The Morgan fingerprint density at radius 3 is 2.35 bits per heavy atom. The predicted octanol–water partition coefficient (Wildman–Crippen LogP) is 3.88. The van der Waals surface area contributed by atoms with Crippen molar-refractivity contribution in [2.75, 3.05) is 7.05 Å². The third kappa shape index (κ3) is 2.76. The van der Waals surface area contributed by atoms with Crippen LogP contribution in [-0.2, 0) is 4.79 Å². The smallest absolute Gasteiger partial charge is 0.265 e. The van der Waals surface area contributed by atoms with Crippen molar-refractivity contribution in [3.05, 3.63) is 76.9 Å². The number of carbonyl (C=O) groups excluding carboxylic acids is 1. The lowest BCUT2D eigenvalue weighted by molar-refractivity contribution is -0.128. The molecule has 0 radical (unpaired) electrons. The lowest BCUT2D eigenvalue weighted by Crippen LogP contribution is -2.36. The number of nitriles is 1. The summed E-state index contributed by atoms with van der Waals surface area (Å²) in [5.74, 6) is -0.205. The summed E-state index contributed by atoms with van der Waals surface area (Å²) in [6, 6.07) is 20.0. The molecule has 0 N–H and O–H groups in total. The topological polar surface area (TPSA) is 44.1 Å². The molecule has 1 unspecified atom stereocenters. The number of rotatable bonds is 2. The number of benzene rings is 2. The van der Waals surface area contributed by atoms with Crippen molar-refractivity contribution in [3.63, 3.8) is 0 Å². The Bertz CT molecular complexity index is 798. The van der Waals surface area contributed by atoms with Gasteiger partial charge < -0.3 is 4.90 Å². The number of aryl methyl sites for hydroxylation is 1. The van der Waals surface area contributed by atoms with Crippen LogP contribution < -0.4 is 0 Å². The van der Waals surface area contributed by atoms with Crippen molar-refractivity contribution in [2.24, 2.45) is 0 Å². The fourth-order valence-electron chi connectivity index (χ4n) is 3.03. The van der Waals surface area contributed by atoms with Crippen LogP contribution in [0, 0.1) is 18.3 Å². The Morgan fingerprint density at radius 1 is 1.09 bits per heavy atom. The molecule has 1 heterocycles. The summed E-state index contributed by atoms with van der Waals surface area (Å²) in [5.41, 5.74) is 4.29. The Kier molecular flexibility index (Phi) is 3.99. The zero-order valence-electron chi connectivity index (χ0n) is 13.3. The maximum absolute atomic E-state index is 12.6. The molecule has 3 nitrogen and oxygen atoms in total. The number of carbonyl (C=O) groups is 1. The van der Waals surface area contributed by atoms with E-state index in [2.05, 4.69) is 6.07 Å². The zero-order chi connectivity index (χ0) is 16.4. The van der Waals surface area contributed by atoms with E-state index in [1.54, 1.807) is 11.9 Å². The first-order valence-corrected chi connectivity index (χ1v) is 7.64. The summed E-state index contributed by atoms with van der Waals surface area (Å²) < 4.78 is 0. The van der Waals surface area contributed by atoms with Crippen molar-refractivity contribution in [3.8, 4) is 6.07 Å². The minimum atomic E-state index is -0.205. The van der Waals surface area contributed by atoms with Gasteiger partial charge in [-0.2, -0.15) is 5.26 Å². The average Bonchev–Trinajstić information content (AvgIpc) is 2.58. The molecule has 1 amide bonds. The van der Waals surface area contributed by atoms with Crippen molar-refractivity contribution in [2.45, 2.75) is 19.4 Å². The van der Waals surface area contributed by atoms with Gasteiger partial charge in [-0.1, -0.05) is 60.2 Å². The Balaban J connectivity index is 2.08. The van der Waals surface area contributed by atoms with E-state index in [0.717, 1.165) is 22.3 Å². The van der Waals surface area contributed by atoms with Crippen molar-refractivity contribution in [1.82, 2.24) is 4.90 Å². The predicted molar refractivity (Wildman–Crippen MR) is 90.3 cm³/mol. The Labute approximate surface area is 136 Å². The summed E-state index contributed by atoms with van der Waals surface area (Å²) in [4.78, 5) is 14.3. The lowest BCUT2D eigenvalue weighted by Gasteiger charge is -2.34. The molecule has 0 spiro atoms. The summed E-state index contributed by atoms with van der Waals surface area (Å²) in [5, 5.41) is 9.47. The molecule has 1 atom stereocenters. The SMILES string of the molecule is Cc1ccc(C2=C(C#N)C(=O)N(C)C(c3ccccc3)C2)cc1. The third-order valence-electron chi connectivity index (χ3n) is 4.40. The Hall–Kier alpha value is -2.86. The van der Waals surface area contributed by atoms with Gasteiger partial charge in [-0.05, 0) is 30.0 Å². The van der Waals surface area contributed by atoms with E-state index in [1.165, 1.54) is 0 Å². The molecule has 23 heavy (non-hydrogen) atoms. The third-order valence-corrected chi connectivity index (χ3v) is 4.40. The first-order valence-electron chi connectivity index (χ1n) is 7.64. The number of amides is 1. The van der Waals surface area contributed by atoms with Crippen LogP contribution in [0.3, 0.4) is 0 Å². The maximum Gasteiger partial charge on any atom is 0.265 e. The van der Waals surface area contributed by atoms with Crippen LogP contribution in [0.15, 0.2) is 60.2 Å². The first kappa shape index (κ1) is 15.1. The van der Waals surface area contributed by atoms with Gasteiger partial charge in [0.1, 0.15) is 11.6 Å². The molecule has 114 valence electrons. The largest absolute Gasteiger partial charge is 0.334 e. The van der Waals surface area contributed by atoms with Gasteiger partial charge in [-0.15, -0.1) is 0 Å².